The minimum Gasteiger partial charge on any atom is -0.360 e. The molecule has 0 unspecified atom stereocenters. The van der Waals surface area contributed by atoms with Gasteiger partial charge in [-0.2, -0.15) is 0 Å². The van der Waals surface area contributed by atoms with Crippen LogP contribution in [-0.4, -0.2) is 14.9 Å². The highest BCUT2D eigenvalue weighted by molar-refractivity contribution is 6.30. The van der Waals surface area contributed by atoms with Crippen molar-refractivity contribution in [1.82, 2.24) is 9.97 Å². The van der Waals surface area contributed by atoms with E-state index in [0.717, 1.165) is 24.0 Å². The molecule has 10 heteroatoms. The number of anilines is 3. The molecule has 0 aliphatic carbocycles. The average Bonchev–Trinajstić information content (AvgIpc) is 2.63. The number of aromatic nitrogens is 2. The van der Waals surface area contributed by atoms with Gasteiger partial charge in [-0.05, 0) is 29.8 Å². The number of nitro groups is 1. The number of benzene rings is 2. The van der Waals surface area contributed by atoms with Crippen molar-refractivity contribution in [3.8, 4) is 0 Å². The summed E-state index contributed by atoms with van der Waals surface area (Å²) in [5, 5.41) is 17.4. The zero-order chi connectivity index (χ0) is 19.4. The number of hydrogen-bond donors (Lipinski definition) is 2. The maximum Gasteiger partial charge on any atom is 0.353 e. The predicted molar refractivity (Wildman–Crippen MR) is 97.1 cm³/mol. The third-order valence-electron chi connectivity index (χ3n) is 3.56. The molecule has 3 rings (SSSR count). The Labute approximate surface area is 157 Å². The second kappa shape index (κ2) is 7.92. The Kier molecular flexibility index (Phi) is 5.41. The molecule has 138 valence electrons. The van der Waals surface area contributed by atoms with Gasteiger partial charge in [0.05, 0.1) is 10.6 Å². The van der Waals surface area contributed by atoms with Gasteiger partial charge in [-0.3, -0.25) is 10.1 Å². The Morgan fingerprint density at radius 2 is 1.78 bits per heavy atom. The van der Waals surface area contributed by atoms with Crippen LogP contribution < -0.4 is 10.6 Å². The summed E-state index contributed by atoms with van der Waals surface area (Å²) in [7, 11) is 0. The monoisotopic (exact) mass is 391 g/mol. The zero-order valence-electron chi connectivity index (χ0n) is 13.6. The zero-order valence-corrected chi connectivity index (χ0v) is 14.4. The van der Waals surface area contributed by atoms with Crippen molar-refractivity contribution < 1.29 is 13.7 Å². The predicted octanol–water partition coefficient (Wildman–Crippen LogP) is 4.67. The normalized spacial score (nSPS) is 10.5. The van der Waals surface area contributed by atoms with Gasteiger partial charge in [-0.25, -0.2) is 18.7 Å². The lowest BCUT2D eigenvalue weighted by Crippen LogP contribution is -2.08. The van der Waals surface area contributed by atoms with Gasteiger partial charge >= 0.3 is 5.69 Å². The smallest absolute Gasteiger partial charge is 0.353 e. The molecule has 0 aliphatic rings. The van der Waals surface area contributed by atoms with Crippen LogP contribution in [-0.2, 0) is 6.54 Å². The molecule has 27 heavy (non-hydrogen) atoms. The molecule has 0 fully saturated rings. The van der Waals surface area contributed by atoms with Gasteiger partial charge in [0.1, 0.15) is 18.0 Å². The van der Waals surface area contributed by atoms with E-state index in [-0.39, 0.29) is 23.9 Å². The first-order valence-corrected chi connectivity index (χ1v) is 8.01. The first-order valence-electron chi connectivity index (χ1n) is 7.64. The van der Waals surface area contributed by atoms with Gasteiger partial charge in [0.2, 0.25) is 11.6 Å². The van der Waals surface area contributed by atoms with Crippen LogP contribution in [0.3, 0.4) is 0 Å². The molecule has 7 nitrogen and oxygen atoms in total. The fourth-order valence-corrected chi connectivity index (χ4v) is 2.40. The highest BCUT2D eigenvalue weighted by atomic mass is 35.5. The van der Waals surface area contributed by atoms with Crippen LogP contribution >= 0.6 is 11.6 Å². The lowest BCUT2D eigenvalue weighted by Gasteiger charge is -2.11. The van der Waals surface area contributed by atoms with E-state index in [9.17, 15) is 18.9 Å². The number of nitrogens with one attached hydrogen (secondary N) is 2. The van der Waals surface area contributed by atoms with Crippen molar-refractivity contribution in [3.05, 3.63) is 81.1 Å². The summed E-state index contributed by atoms with van der Waals surface area (Å²) in [6, 6.07) is 9.71. The van der Waals surface area contributed by atoms with Crippen LogP contribution in [0.4, 0.5) is 31.8 Å². The lowest BCUT2D eigenvalue weighted by atomic mass is 10.2. The first-order chi connectivity index (χ1) is 12.9. The highest BCUT2D eigenvalue weighted by Gasteiger charge is 2.23. The molecule has 0 spiro atoms. The topological polar surface area (TPSA) is 93.0 Å². The Hall–Kier alpha value is -3.33. The maximum atomic E-state index is 13.8. The van der Waals surface area contributed by atoms with Gasteiger partial charge in [-0.1, -0.05) is 23.7 Å². The van der Waals surface area contributed by atoms with Crippen LogP contribution in [0.2, 0.25) is 5.02 Å². The van der Waals surface area contributed by atoms with Crippen LogP contribution in [0.5, 0.6) is 0 Å². The minimum absolute atomic E-state index is 0.0463. The number of hydrogen-bond acceptors (Lipinski definition) is 6. The van der Waals surface area contributed by atoms with Gasteiger partial charge in [0, 0.05) is 17.6 Å². The molecule has 2 N–H and O–H groups in total. The molecule has 0 saturated carbocycles. The van der Waals surface area contributed by atoms with Crippen LogP contribution in [0, 0.1) is 21.7 Å². The van der Waals surface area contributed by atoms with E-state index in [1.165, 1.54) is 0 Å². The van der Waals surface area contributed by atoms with E-state index in [1.807, 2.05) is 0 Å². The summed E-state index contributed by atoms with van der Waals surface area (Å²) < 4.78 is 26.9. The molecule has 0 bridgehead atoms. The molecular formula is C17H12ClF2N5O2. The highest BCUT2D eigenvalue weighted by Crippen LogP contribution is 2.32. The maximum absolute atomic E-state index is 13.8. The molecule has 0 amide bonds. The van der Waals surface area contributed by atoms with Crippen molar-refractivity contribution in [2.75, 3.05) is 10.6 Å². The van der Waals surface area contributed by atoms with Crippen molar-refractivity contribution >= 4 is 34.6 Å². The standard InChI is InChI=1S/C17H12ClF2N5O2/c18-11-3-1-10(2-4-11)8-21-16-15(25(26)27)17(23-9-22-16)24-14-6-5-12(19)7-13(14)20/h1-7,9H,8H2,(H2,21,22,23,24). The molecule has 1 heterocycles. The third-order valence-corrected chi connectivity index (χ3v) is 3.81. The third kappa shape index (κ3) is 4.45. The Morgan fingerprint density at radius 1 is 1.07 bits per heavy atom. The minimum atomic E-state index is -0.904. The molecule has 3 aromatic rings. The summed E-state index contributed by atoms with van der Waals surface area (Å²) in [5.74, 6) is -1.94. The van der Waals surface area contributed by atoms with E-state index in [0.29, 0.717) is 11.1 Å². The largest absolute Gasteiger partial charge is 0.360 e. The number of halogens is 3. The quantitative estimate of drug-likeness (QED) is 0.468. The Morgan fingerprint density at radius 3 is 2.44 bits per heavy atom. The second-order valence-corrected chi connectivity index (χ2v) is 5.84. The van der Waals surface area contributed by atoms with Gasteiger partial charge in [0.25, 0.3) is 0 Å². The molecule has 0 aliphatic heterocycles. The Bertz CT molecular complexity index is 986. The van der Waals surface area contributed by atoms with E-state index >= 15 is 0 Å². The summed E-state index contributed by atoms with van der Waals surface area (Å²) in [6.45, 7) is 0.249. The van der Waals surface area contributed by atoms with E-state index < -0.39 is 22.2 Å². The van der Waals surface area contributed by atoms with E-state index in [1.54, 1.807) is 24.3 Å². The Balaban J connectivity index is 1.87. The molecular weight excluding hydrogens is 380 g/mol. The van der Waals surface area contributed by atoms with Crippen molar-refractivity contribution in [2.24, 2.45) is 0 Å². The molecule has 2 aromatic carbocycles. The summed E-state index contributed by atoms with van der Waals surface area (Å²) >= 11 is 5.82. The van der Waals surface area contributed by atoms with Crippen molar-refractivity contribution in [2.45, 2.75) is 6.54 Å². The van der Waals surface area contributed by atoms with Gasteiger partial charge < -0.3 is 10.6 Å². The molecule has 0 saturated heterocycles. The first kappa shape index (κ1) is 18.5. The molecule has 0 atom stereocenters. The van der Waals surface area contributed by atoms with Crippen LogP contribution in [0.25, 0.3) is 0 Å². The lowest BCUT2D eigenvalue weighted by molar-refractivity contribution is -0.383. The fraction of sp³-hybridized carbons (Fsp3) is 0.0588. The number of rotatable bonds is 6. The average molecular weight is 392 g/mol. The van der Waals surface area contributed by atoms with Gasteiger partial charge in [-0.15, -0.1) is 0 Å². The summed E-state index contributed by atoms with van der Waals surface area (Å²) in [6.07, 6.45) is 1.10. The van der Waals surface area contributed by atoms with E-state index in [4.69, 9.17) is 11.6 Å². The van der Waals surface area contributed by atoms with Crippen LogP contribution in [0.15, 0.2) is 48.8 Å². The van der Waals surface area contributed by atoms with Crippen LogP contribution in [0.1, 0.15) is 5.56 Å². The van der Waals surface area contributed by atoms with E-state index in [2.05, 4.69) is 20.6 Å². The summed E-state index contributed by atoms with van der Waals surface area (Å²) in [4.78, 5) is 18.5. The molecule has 1 aromatic heterocycles. The number of nitrogens with zero attached hydrogens (tertiary/aromatic N) is 3. The van der Waals surface area contributed by atoms with Crippen molar-refractivity contribution in [3.63, 3.8) is 0 Å². The fourth-order valence-electron chi connectivity index (χ4n) is 2.28. The SMILES string of the molecule is O=[N+]([O-])c1c(NCc2ccc(Cl)cc2)ncnc1Nc1ccc(F)cc1F. The molecule has 0 radical (unpaired) electrons. The summed E-state index contributed by atoms with van der Waals surface area (Å²) in [5.41, 5.74) is 0.212. The van der Waals surface area contributed by atoms with Crippen molar-refractivity contribution in [1.29, 1.82) is 0 Å². The van der Waals surface area contributed by atoms with Gasteiger partial charge in [0.15, 0.2) is 0 Å². The second-order valence-electron chi connectivity index (χ2n) is 5.41.